The third kappa shape index (κ3) is 4.03. The normalized spacial score (nSPS) is 11.7. The monoisotopic (exact) mass is 335 g/mol. The highest BCUT2D eigenvalue weighted by Gasteiger charge is 2.10. The van der Waals surface area contributed by atoms with E-state index in [1.165, 1.54) is 18.6 Å². The summed E-state index contributed by atoms with van der Waals surface area (Å²) >= 11 is 3.41. The van der Waals surface area contributed by atoms with Gasteiger partial charge in [0.1, 0.15) is 17.5 Å². The molecule has 0 saturated heterocycles. The van der Waals surface area contributed by atoms with E-state index in [4.69, 9.17) is 4.74 Å². The Hall–Kier alpha value is -1.95. The van der Waals surface area contributed by atoms with E-state index in [0.29, 0.717) is 12.2 Å². The van der Waals surface area contributed by atoms with Gasteiger partial charge < -0.3 is 10.1 Å². The van der Waals surface area contributed by atoms with Crippen molar-refractivity contribution in [3.8, 4) is 5.75 Å². The Morgan fingerprint density at radius 3 is 2.90 bits per heavy atom. The predicted octanol–water partition coefficient (Wildman–Crippen LogP) is 2.44. The van der Waals surface area contributed by atoms with Crippen LogP contribution in [0.4, 0.5) is 0 Å². The minimum Gasteiger partial charge on any atom is -0.488 e. The number of aromatic nitrogens is 2. The van der Waals surface area contributed by atoms with Crippen molar-refractivity contribution >= 4 is 21.8 Å². The number of rotatable bonds is 5. The maximum absolute atomic E-state index is 11.8. The molecule has 0 spiro atoms. The van der Waals surface area contributed by atoms with Gasteiger partial charge in [-0.3, -0.25) is 9.78 Å². The van der Waals surface area contributed by atoms with E-state index < -0.39 is 0 Å². The van der Waals surface area contributed by atoms with Gasteiger partial charge >= 0.3 is 0 Å². The first-order valence-electron chi connectivity index (χ1n) is 6.12. The highest BCUT2D eigenvalue weighted by atomic mass is 79.9. The lowest BCUT2D eigenvalue weighted by atomic mass is 10.3. The summed E-state index contributed by atoms with van der Waals surface area (Å²) in [5, 5.41) is 2.76. The summed E-state index contributed by atoms with van der Waals surface area (Å²) in [4.78, 5) is 19.6. The van der Waals surface area contributed by atoms with Crippen molar-refractivity contribution in [2.75, 3.05) is 6.54 Å². The number of hydrogen-bond acceptors (Lipinski definition) is 4. The Morgan fingerprint density at radius 2 is 2.20 bits per heavy atom. The summed E-state index contributed by atoms with van der Waals surface area (Å²) in [6, 6.07) is 7.58. The molecule has 104 valence electrons. The van der Waals surface area contributed by atoms with Gasteiger partial charge in [-0.15, -0.1) is 0 Å². The summed E-state index contributed by atoms with van der Waals surface area (Å²) in [6.45, 7) is 2.27. The fourth-order valence-electron chi connectivity index (χ4n) is 1.54. The Balaban J connectivity index is 1.85. The zero-order valence-corrected chi connectivity index (χ0v) is 12.5. The van der Waals surface area contributed by atoms with Gasteiger partial charge in [0.2, 0.25) is 0 Å². The fraction of sp³-hybridized carbons (Fsp3) is 0.214. The number of ether oxygens (including phenoxy) is 1. The van der Waals surface area contributed by atoms with E-state index in [9.17, 15) is 4.79 Å². The molecule has 2 rings (SSSR count). The van der Waals surface area contributed by atoms with Crippen molar-refractivity contribution in [3.05, 3.63) is 53.0 Å². The quantitative estimate of drug-likeness (QED) is 0.911. The Labute approximate surface area is 125 Å². The average Bonchev–Trinajstić information content (AvgIpc) is 2.48. The molecule has 1 aromatic carbocycles. The van der Waals surface area contributed by atoms with Crippen molar-refractivity contribution < 1.29 is 9.53 Å². The molecular formula is C14H14BrN3O2. The molecule has 1 amide bonds. The third-order valence-electron chi connectivity index (χ3n) is 2.51. The number of amides is 1. The topological polar surface area (TPSA) is 64.1 Å². The second-order valence-electron chi connectivity index (χ2n) is 4.16. The first-order valence-corrected chi connectivity index (χ1v) is 6.91. The summed E-state index contributed by atoms with van der Waals surface area (Å²) < 4.78 is 6.62. The van der Waals surface area contributed by atoms with Gasteiger partial charge in [-0.05, 0) is 35.0 Å². The molecule has 2 aromatic rings. The van der Waals surface area contributed by atoms with Crippen LogP contribution in [0.1, 0.15) is 17.4 Å². The fourth-order valence-corrected chi connectivity index (χ4v) is 1.92. The number of carbonyl (C=O) groups excluding carboxylic acids is 1. The van der Waals surface area contributed by atoms with E-state index in [2.05, 4.69) is 31.2 Å². The molecule has 1 N–H and O–H groups in total. The molecule has 0 aliphatic carbocycles. The van der Waals surface area contributed by atoms with Gasteiger partial charge in [-0.1, -0.05) is 12.1 Å². The number of benzene rings is 1. The van der Waals surface area contributed by atoms with Gasteiger partial charge in [0.05, 0.1) is 17.2 Å². The molecule has 0 bridgehead atoms. The summed E-state index contributed by atoms with van der Waals surface area (Å²) in [7, 11) is 0. The Kier molecular flexibility index (Phi) is 5.06. The third-order valence-corrected chi connectivity index (χ3v) is 3.17. The van der Waals surface area contributed by atoms with E-state index in [1.54, 1.807) is 0 Å². The van der Waals surface area contributed by atoms with Crippen LogP contribution in [0.5, 0.6) is 5.75 Å². The number of halogens is 1. The van der Waals surface area contributed by atoms with Crippen LogP contribution in [0, 0.1) is 0 Å². The van der Waals surface area contributed by atoms with E-state index in [1.807, 2.05) is 31.2 Å². The molecule has 1 atom stereocenters. The number of nitrogens with one attached hydrogen (secondary N) is 1. The molecular weight excluding hydrogens is 322 g/mol. The van der Waals surface area contributed by atoms with Crippen molar-refractivity contribution in [1.82, 2.24) is 15.3 Å². The van der Waals surface area contributed by atoms with Crippen LogP contribution in [-0.4, -0.2) is 28.5 Å². The zero-order chi connectivity index (χ0) is 14.4. The SMILES string of the molecule is C[C@H](CNC(=O)c1cnccn1)Oc1ccccc1Br. The molecule has 6 heteroatoms. The molecule has 5 nitrogen and oxygen atoms in total. The molecule has 1 aromatic heterocycles. The average molecular weight is 336 g/mol. The molecule has 1 heterocycles. The van der Waals surface area contributed by atoms with Crippen LogP contribution in [0.25, 0.3) is 0 Å². The van der Waals surface area contributed by atoms with Gasteiger partial charge in [-0.2, -0.15) is 0 Å². The highest BCUT2D eigenvalue weighted by molar-refractivity contribution is 9.10. The Morgan fingerprint density at radius 1 is 1.40 bits per heavy atom. The van der Waals surface area contributed by atoms with Gasteiger partial charge in [0.25, 0.3) is 5.91 Å². The second-order valence-corrected chi connectivity index (χ2v) is 5.01. The van der Waals surface area contributed by atoms with Crippen LogP contribution < -0.4 is 10.1 Å². The molecule has 0 radical (unpaired) electrons. The van der Waals surface area contributed by atoms with Crippen LogP contribution in [0.2, 0.25) is 0 Å². The largest absolute Gasteiger partial charge is 0.488 e. The number of para-hydroxylation sites is 1. The number of nitrogens with zero attached hydrogens (tertiary/aromatic N) is 2. The van der Waals surface area contributed by atoms with Crippen LogP contribution >= 0.6 is 15.9 Å². The maximum atomic E-state index is 11.8. The van der Waals surface area contributed by atoms with Crippen molar-refractivity contribution in [3.63, 3.8) is 0 Å². The van der Waals surface area contributed by atoms with Gasteiger partial charge in [0.15, 0.2) is 0 Å². The molecule has 20 heavy (non-hydrogen) atoms. The van der Waals surface area contributed by atoms with E-state index >= 15 is 0 Å². The molecule has 0 fully saturated rings. The smallest absolute Gasteiger partial charge is 0.271 e. The number of hydrogen-bond donors (Lipinski definition) is 1. The van der Waals surface area contributed by atoms with Crippen LogP contribution in [0.3, 0.4) is 0 Å². The van der Waals surface area contributed by atoms with E-state index in [-0.39, 0.29) is 12.0 Å². The predicted molar refractivity (Wildman–Crippen MR) is 78.6 cm³/mol. The molecule has 0 aliphatic heterocycles. The minimum absolute atomic E-state index is 0.158. The first-order chi connectivity index (χ1) is 9.66. The van der Waals surface area contributed by atoms with Crippen LogP contribution in [-0.2, 0) is 0 Å². The van der Waals surface area contributed by atoms with Crippen molar-refractivity contribution in [2.24, 2.45) is 0 Å². The zero-order valence-electron chi connectivity index (χ0n) is 10.9. The lowest BCUT2D eigenvalue weighted by molar-refractivity contribution is 0.0926. The molecule has 0 unspecified atom stereocenters. The molecule has 0 aliphatic rings. The summed E-state index contributed by atoms with van der Waals surface area (Å²) in [5.41, 5.74) is 0.292. The number of carbonyl (C=O) groups is 1. The lowest BCUT2D eigenvalue weighted by Gasteiger charge is -2.16. The van der Waals surface area contributed by atoms with Crippen LogP contribution in [0.15, 0.2) is 47.3 Å². The van der Waals surface area contributed by atoms with Gasteiger partial charge in [-0.25, -0.2) is 4.98 Å². The lowest BCUT2D eigenvalue weighted by Crippen LogP contribution is -2.34. The molecule has 0 saturated carbocycles. The maximum Gasteiger partial charge on any atom is 0.271 e. The summed E-state index contributed by atoms with van der Waals surface area (Å²) in [6.07, 6.45) is 4.27. The summed E-state index contributed by atoms with van der Waals surface area (Å²) in [5.74, 6) is 0.481. The van der Waals surface area contributed by atoms with Crippen molar-refractivity contribution in [2.45, 2.75) is 13.0 Å². The minimum atomic E-state index is -0.263. The van der Waals surface area contributed by atoms with Crippen molar-refractivity contribution in [1.29, 1.82) is 0 Å². The van der Waals surface area contributed by atoms with Gasteiger partial charge in [0, 0.05) is 12.4 Å². The van der Waals surface area contributed by atoms with E-state index in [0.717, 1.165) is 10.2 Å². The highest BCUT2D eigenvalue weighted by Crippen LogP contribution is 2.24. The Bertz CT molecular complexity index is 578. The second kappa shape index (κ2) is 7.00. The standard InChI is InChI=1S/C14H14BrN3O2/c1-10(20-13-5-3-2-4-11(13)15)8-18-14(19)12-9-16-6-7-17-12/h2-7,9-10H,8H2,1H3,(H,18,19)/t10-/m1/s1. The first kappa shape index (κ1) is 14.5.